The number of hydrogen-bond acceptors (Lipinski definition) is 9. The van der Waals surface area contributed by atoms with Crippen LogP contribution < -0.4 is 16.0 Å². The summed E-state index contributed by atoms with van der Waals surface area (Å²) in [5, 5.41) is 14.4. The van der Waals surface area contributed by atoms with Gasteiger partial charge in [-0.2, -0.15) is 5.26 Å². The zero-order valence-corrected chi connectivity index (χ0v) is 21.8. The van der Waals surface area contributed by atoms with E-state index in [0.717, 1.165) is 49.0 Å². The quantitative estimate of drug-likeness (QED) is 0.390. The highest BCUT2D eigenvalue weighted by molar-refractivity contribution is 7.23. The van der Waals surface area contributed by atoms with Crippen molar-refractivity contribution in [2.45, 2.75) is 52.0 Å². The van der Waals surface area contributed by atoms with Gasteiger partial charge in [0.25, 0.3) is 0 Å². The van der Waals surface area contributed by atoms with Crippen LogP contribution in [-0.2, 0) is 18.0 Å². The molecule has 0 radical (unpaired) electrons. The van der Waals surface area contributed by atoms with Crippen LogP contribution in [0.3, 0.4) is 0 Å². The molecule has 11 heteroatoms. The number of nitrogens with zero attached hydrogens (tertiary/aromatic N) is 5. The molecule has 1 spiro atoms. The summed E-state index contributed by atoms with van der Waals surface area (Å²) in [5.74, 6) is -0.706. The Labute approximate surface area is 221 Å². The Morgan fingerprint density at radius 2 is 2.03 bits per heavy atom. The van der Waals surface area contributed by atoms with Gasteiger partial charge < -0.3 is 20.7 Å². The average molecular weight is 534 g/mol. The predicted octanol–water partition coefficient (Wildman–Crippen LogP) is 4.64. The van der Waals surface area contributed by atoms with Crippen LogP contribution in [0.5, 0.6) is 0 Å². The molecule has 1 aliphatic carbocycles. The molecular formula is C27H25F2N7OS. The zero-order chi connectivity index (χ0) is 26.3. The number of halogens is 2. The van der Waals surface area contributed by atoms with Crippen LogP contribution in [0.4, 0.5) is 19.7 Å². The fourth-order valence-electron chi connectivity index (χ4n) is 6.11. The van der Waals surface area contributed by atoms with Crippen molar-refractivity contribution in [3.05, 3.63) is 40.7 Å². The zero-order valence-electron chi connectivity index (χ0n) is 20.9. The number of rotatable bonds is 4. The third-order valence-electron chi connectivity index (χ3n) is 8.09. The van der Waals surface area contributed by atoms with Crippen LogP contribution in [0.25, 0.3) is 32.2 Å². The minimum atomic E-state index is -0.603. The Kier molecular flexibility index (Phi) is 5.14. The first-order valence-electron chi connectivity index (χ1n) is 12.7. The maximum atomic E-state index is 16.5. The number of fused-ring (bicyclic) bond motifs is 4. The van der Waals surface area contributed by atoms with Crippen molar-refractivity contribution >= 4 is 43.3 Å². The number of nitriles is 1. The van der Waals surface area contributed by atoms with E-state index in [1.807, 2.05) is 6.07 Å². The number of nitrogens with one attached hydrogen (secondary N) is 1. The first kappa shape index (κ1) is 23.6. The Morgan fingerprint density at radius 3 is 2.76 bits per heavy atom. The number of anilines is 2. The maximum Gasteiger partial charge on any atom is 0.226 e. The monoisotopic (exact) mass is 533 g/mol. The first-order chi connectivity index (χ1) is 18.3. The Bertz CT molecular complexity index is 1690. The topological polar surface area (TPSA) is 113 Å². The molecule has 1 saturated heterocycles. The number of thiophene rings is 1. The summed E-state index contributed by atoms with van der Waals surface area (Å²) in [6.45, 7) is 6.31. The summed E-state index contributed by atoms with van der Waals surface area (Å²) < 4.78 is 37.1. The van der Waals surface area contributed by atoms with Crippen LogP contribution >= 0.6 is 11.3 Å². The first-order valence-corrected chi connectivity index (χ1v) is 13.5. The summed E-state index contributed by atoms with van der Waals surface area (Å²) in [4.78, 5) is 15.8. The van der Waals surface area contributed by atoms with Gasteiger partial charge in [-0.05, 0) is 24.0 Å². The maximum absolute atomic E-state index is 16.5. The van der Waals surface area contributed by atoms with Crippen molar-refractivity contribution in [3.63, 3.8) is 0 Å². The summed E-state index contributed by atoms with van der Waals surface area (Å²) in [5.41, 5.74) is 8.25. The van der Waals surface area contributed by atoms with Gasteiger partial charge >= 0.3 is 0 Å². The third kappa shape index (κ3) is 3.33. The molecule has 1 atom stereocenters. The minimum absolute atomic E-state index is 0.0954. The van der Waals surface area contributed by atoms with E-state index in [2.05, 4.69) is 34.0 Å². The van der Waals surface area contributed by atoms with Gasteiger partial charge in [-0.25, -0.2) is 18.7 Å². The smallest absolute Gasteiger partial charge is 0.226 e. The molecule has 2 fully saturated rings. The highest BCUT2D eigenvalue weighted by atomic mass is 32.1. The lowest BCUT2D eigenvalue weighted by Gasteiger charge is -2.21. The van der Waals surface area contributed by atoms with E-state index in [-0.39, 0.29) is 56.1 Å². The van der Waals surface area contributed by atoms with Gasteiger partial charge in [-0.1, -0.05) is 13.8 Å². The Balaban J connectivity index is 1.42. The molecule has 3 aromatic heterocycles. The molecule has 0 amide bonds. The Hall–Kier alpha value is -3.46. The number of pyridine rings is 1. The molecule has 2 aliphatic heterocycles. The average Bonchev–Trinajstić information content (AvgIpc) is 3.20. The van der Waals surface area contributed by atoms with Gasteiger partial charge in [0.2, 0.25) is 5.95 Å². The normalized spacial score (nSPS) is 19.7. The van der Waals surface area contributed by atoms with Crippen molar-refractivity contribution in [1.82, 2.24) is 20.3 Å². The highest BCUT2D eigenvalue weighted by Crippen LogP contribution is 2.53. The molecule has 5 heterocycles. The van der Waals surface area contributed by atoms with E-state index in [0.29, 0.717) is 29.0 Å². The lowest BCUT2D eigenvalue weighted by atomic mass is 9.94. The SMILES string of the molecule is CC(C)N[C@H]1CN(c2ncc3c4c(c(-c5ncc(F)c6sc(N)c(C#N)c56)c(F)c3n2)COC4)CC12CC2. The summed E-state index contributed by atoms with van der Waals surface area (Å²) in [6, 6.07) is 2.74. The van der Waals surface area contributed by atoms with Gasteiger partial charge in [0.1, 0.15) is 16.6 Å². The number of nitrogens with two attached hydrogens (primary N) is 1. The van der Waals surface area contributed by atoms with E-state index in [1.54, 1.807) is 6.20 Å². The van der Waals surface area contributed by atoms with Crippen LogP contribution in [-0.4, -0.2) is 40.1 Å². The largest absolute Gasteiger partial charge is 0.389 e. The van der Waals surface area contributed by atoms with Crippen molar-refractivity contribution in [3.8, 4) is 17.3 Å². The lowest BCUT2D eigenvalue weighted by molar-refractivity contribution is 0.135. The summed E-state index contributed by atoms with van der Waals surface area (Å²) in [7, 11) is 0. The third-order valence-corrected chi connectivity index (χ3v) is 9.12. The lowest BCUT2D eigenvalue weighted by Crippen LogP contribution is -2.41. The molecule has 0 bridgehead atoms. The second-order valence-electron chi connectivity index (χ2n) is 10.8. The van der Waals surface area contributed by atoms with Crippen molar-refractivity contribution in [2.75, 3.05) is 23.7 Å². The van der Waals surface area contributed by atoms with Crippen LogP contribution in [0.15, 0.2) is 12.4 Å². The number of nitrogen functional groups attached to an aromatic ring is 1. The second-order valence-corrected chi connectivity index (χ2v) is 11.9. The van der Waals surface area contributed by atoms with Gasteiger partial charge in [0.15, 0.2) is 11.6 Å². The van der Waals surface area contributed by atoms with E-state index >= 15 is 4.39 Å². The van der Waals surface area contributed by atoms with Gasteiger partial charge in [-0.15, -0.1) is 11.3 Å². The molecule has 38 heavy (non-hydrogen) atoms. The number of ether oxygens (including phenoxy) is 1. The fourth-order valence-corrected chi connectivity index (χ4v) is 7.03. The van der Waals surface area contributed by atoms with E-state index in [9.17, 15) is 9.65 Å². The fraction of sp³-hybridized carbons (Fsp3) is 0.407. The molecule has 1 aromatic carbocycles. The molecule has 1 saturated carbocycles. The molecule has 8 nitrogen and oxygen atoms in total. The summed E-state index contributed by atoms with van der Waals surface area (Å²) >= 11 is 0.959. The van der Waals surface area contributed by atoms with Gasteiger partial charge in [0.05, 0.1) is 35.4 Å². The highest BCUT2D eigenvalue weighted by Gasteiger charge is 2.55. The van der Waals surface area contributed by atoms with Crippen LogP contribution in [0.1, 0.15) is 43.4 Å². The molecule has 4 aromatic rings. The van der Waals surface area contributed by atoms with Gasteiger partial charge in [0, 0.05) is 53.1 Å². The standard InChI is InChI=1S/C27H25F2N7OS/c1-12(2)34-18-8-36(11-27(18)3-4-27)26-33-6-14-15-9-37-10-16(15)19(21(29)22(14)35-26)23-20-13(5-30)25(31)38-24(20)17(28)7-32-23/h6-7,12,18,34H,3-4,8-11,31H2,1-2H3/t18-/m0/s1. The molecule has 7 rings (SSSR count). The number of benzene rings is 1. The molecule has 3 aliphatic rings. The van der Waals surface area contributed by atoms with Crippen molar-refractivity contribution in [2.24, 2.45) is 5.41 Å². The van der Waals surface area contributed by atoms with E-state index < -0.39 is 11.6 Å². The molecular weight excluding hydrogens is 508 g/mol. The van der Waals surface area contributed by atoms with Crippen LogP contribution in [0.2, 0.25) is 0 Å². The molecule has 3 N–H and O–H groups in total. The van der Waals surface area contributed by atoms with E-state index in [1.165, 1.54) is 0 Å². The van der Waals surface area contributed by atoms with Crippen molar-refractivity contribution < 1.29 is 13.5 Å². The van der Waals surface area contributed by atoms with Crippen molar-refractivity contribution in [1.29, 1.82) is 5.26 Å². The van der Waals surface area contributed by atoms with Gasteiger partial charge in [-0.3, -0.25) is 4.98 Å². The summed E-state index contributed by atoms with van der Waals surface area (Å²) in [6.07, 6.45) is 5.04. The van der Waals surface area contributed by atoms with Crippen LogP contribution in [0, 0.1) is 28.4 Å². The number of hydrogen-bond donors (Lipinski definition) is 2. The predicted molar refractivity (Wildman–Crippen MR) is 142 cm³/mol. The second kappa shape index (κ2) is 8.27. The number of aromatic nitrogens is 3. The van der Waals surface area contributed by atoms with E-state index in [4.69, 9.17) is 15.5 Å². The molecule has 194 valence electrons. The minimum Gasteiger partial charge on any atom is -0.389 e. The Morgan fingerprint density at radius 1 is 1.24 bits per heavy atom. The molecule has 0 unspecified atom stereocenters.